The van der Waals surface area contributed by atoms with Gasteiger partial charge in [0.1, 0.15) is 11.5 Å². The summed E-state index contributed by atoms with van der Waals surface area (Å²) in [5.41, 5.74) is 0.954. The van der Waals surface area contributed by atoms with Crippen LogP contribution >= 0.6 is 0 Å². The topological polar surface area (TPSA) is 93.7 Å². The quantitative estimate of drug-likeness (QED) is 0.814. The molecule has 1 aliphatic heterocycles. The lowest BCUT2D eigenvalue weighted by Gasteiger charge is -2.09. The standard InChI is InChI=1S/C17H14N2O5/c1-23-11-3-2-4-12(8-11)24-9-15(20)18-10-5-6-13-14(7-10)17(22)19-16(13)21/h2-8H,9H2,1H3,(H,18,20)(H,19,21,22). The Bertz CT molecular complexity index is 831. The van der Waals surface area contributed by atoms with Crippen LogP contribution in [0.4, 0.5) is 5.69 Å². The van der Waals surface area contributed by atoms with Gasteiger partial charge in [-0.15, -0.1) is 0 Å². The molecule has 1 heterocycles. The first-order chi connectivity index (χ1) is 11.6. The third kappa shape index (κ3) is 3.19. The normalized spacial score (nSPS) is 12.4. The zero-order valence-electron chi connectivity index (χ0n) is 12.8. The third-order valence-corrected chi connectivity index (χ3v) is 3.43. The van der Waals surface area contributed by atoms with Crippen LogP contribution in [-0.2, 0) is 4.79 Å². The fourth-order valence-electron chi connectivity index (χ4n) is 2.28. The van der Waals surface area contributed by atoms with Crippen molar-refractivity contribution in [1.29, 1.82) is 0 Å². The highest BCUT2D eigenvalue weighted by atomic mass is 16.5. The second-order valence-electron chi connectivity index (χ2n) is 5.06. The second-order valence-corrected chi connectivity index (χ2v) is 5.06. The number of anilines is 1. The number of fused-ring (bicyclic) bond motifs is 1. The number of carbonyl (C=O) groups excluding carboxylic acids is 3. The minimum atomic E-state index is -0.473. The van der Waals surface area contributed by atoms with Gasteiger partial charge in [-0.25, -0.2) is 0 Å². The van der Waals surface area contributed by atoms with E-state index in [4.69, 9.17) is 9.47 Å². The Morgan fingerprint density at radius 1 is 1.04 bits per heavy atom. The highest BCUT2D eigenvalue weighted by Gasteiger charge is 2.26. The Hall–Kier alpha value is -3.35. The fraction of sp³-hybridized carbons (Fsp3) is 0.118. The number of rotatable bonds is 5. The van der Waals surface area contributed by atoms with E-state index >= 15 is 0 Å². The summed E-state index contributed by atoms with van der Waals surface area (Å²) in [4.78, 5) is 35.0. The van der Waals surface area contributed by atoms with Crippen LogP contribution in [-0.4, -0.2) is 31.4 Å². The van der Waals surface area contributed by atoms with E-state index in [2.05, 4.69) is 10.6 Å². The highest BCUT2D eigenvalue weighted by Crippen LogP contribution is 2.21. The van der Waals surface area contributed by atoms with E-state index in [0.717, 1.165) is 0 Å². The lowest BCUT2D eigenvalue weighted by molar-refractivity contribution is -0.118. The summed E-state index contributed by atoms with van der Waals surface area (Å²) in [6, 6.07) is 11.4. The molecule has 0 spiro atoms. The molecule has 0 atom stereocenters. The molecule has 0 saturated carbocycles. The van der Waals surface area contributed by atoms with Crippen LogP contribution in [0, 0.1) is 0 Å². The monoisotopic (exact) mass is 326 g/mol. The first-order valence-electron chi connectivity index (χ1n) is 7.13. The Labute approximate surface area is 137 Å². The third-order valence-electron chi connectivity index (χ3n) is 3.43. The number of imide groups is 1. The smallest absolute Gasteiger partial charge is 0.262 e. The van der Waals surface area contributed by atoms with Crippen molar-refractivity contribution in [2.45, 2.75) is 0 Å². The maximum absolute atomic E-state index is 12.0. The molecule has 0 aromatic heterocycles. The molecule has 2 N–H and O–H groups in total. The van der Waals surface area contributed by atoms with Crippen molar-refractivity contribution >= 4 is 23.4 Å². The highest BCUT2D eigenvalue weighted by molar-refractivity contribution is 6.22. The van der Waals surface area contributed by atoms with Gasteiger partial charge in [0.25, 0.3) is 17.7 Å². The second kappa shape index (κ2) is 6.41. The van der Waals surface area contributed by atoms with Crippen LogP contribution in [0.5, 0.6) is 11.5 Å². The van der Waals surface area contributed by atoms with Gasteiger partial charge in [0.2, 0.25) is 0 Å². The van der Waals surface area contributed by atoms with Crippen molar-refractivity contribution < 1.29 is 23.9 Å². The number of methoxy groups -OCH3 is 1. The number of amides is 3. The largest absolute Gasteiger partial charge is 0.497 e. The van der Waals surface area contributed by atoms with Gasteiger partial charge in [0.15, 0.2) is 6.61 Å². The van der Waals surface area contributed by atoms with Gasteiger partial charge >= 0.3 is 0 Å². The number of hydrogen-bond acceptors (Lipinski definition) is 5. The average Bonchev–Trinajstić information content (AvgIpc) is 2.87. The Balaban J connectivity index is 1.62. The first kappa shape index (κ1) is 15.5. The van der Waals surface area contributed by atoms with Crippen molar-refractivity contribution in [3.05, 3.63) is 53.6 Å². The number of hydrogen-bond donors (Lipinski definition) is 2. The predicted octanol–water partition coefficient (Wildman–Crippen LogP) is 1.60. The Kier molecular flexibility index (Phi) is 4.15. The minimum Gasteiger partial charge on any atom is -0.497 e. The lowest BCUT2D eigenvalue weighted by Crippen LogP contribution is -2.20. The molecule has 1 aliphatic rings. The molecule has 2 aromatic rings. The molecule has 0 bridgehead atoms. The van der Waals surface area contributed by atoms with Crippen molar-refractivity contribution in [1.82, 2.24) is 5.32 Å². The van der Waals surface area contributed by atoms with Crippen molar-refractivity contribution in [2.75, 3.05) is 19.0 Å². The number of nitrogens with one attached hydrogen (secondary N) is 2. The molecule has 122 valence electrons. The van der Waals surface area contributed by atoms with Gasteiger partial charge in [0.05, 0.1) is 18.2 Å². The summed E-state index contributed by atoms with van der Waals surface area (Å²) in [7, 11) is 1.54. The molecule has 2 aromatic carbocycles. The predicted molar refractivity (Wildman–Crippen MR) is 85.4 cm³/mol. The molecule has 7 nitrogen and oxygen atoms in total. The van der Waals surface area contributed by atoms with Gasteiger partial charge in [-0.3, -0.25) is 19.7 Å². The molecule has 3 amide bonds. The van der Waals surface area contributed by atoms with E-state index in [1.165, 1.54) is 12.1 Å². The van der Waals surface area contributed by atoms with E-state index in [-0.39, 0.29) is 18.1 Å². The zero-order valence-corrected chi connectivity index (χ0v) is 12.8. The van der Waals surface area contributed by atoms with Crippen LogP contribution in [0.25, 0.3) is 0 Å². The van der Waals surface area contributed by atoms with E-state index < -0.39 is 11.8 Å². The summed E-state index contributed by atoms with van der Waals surface area (Å²) < 4.78 is 10.5. The lowest BCUT2D eigenvalue weighted by atomic mass is 10.1. The van der Waals surface area contributed by atoms with Crippen LogP contribution in [0.15, 0.2) is 42.5 Å². The van der Waals surface area contributed by atoms with Crippen molar-refractivity contribution in [3.63, 3.8) is 0 Å². The van der Waals surface area contributed by atoms with Crippen LogP contribution < -0.4 is 20.1 Å². The number of benzene rings is 2. The van der Waals surface area contributed by atoms with E-state index in [9.17, 15) is 14.4 Å². The molecular weight excluding hydrogens is 312 g/mol. The van der Waals surface area contributed by atoms with Crippen LogP contribution in [0.1, 0.15) is 20.7 Å². The minimum absolute atomic E-state index is 0.199. The maximum Gasteiger partial charge on any atom is 0.262 e. The fourth-order valence-corrected chi connectivity index (χ4v) is 2.28. The molecule has 0 fully saturated rings. The first-order valence-corrected chi connectivity index (χ1v) is 7.13. The summed E-state index contributed by atoms with van der Waals surface area (Å²) in [6.45, 7) is -0.199. The van der Waals surface area contributed by atoms with Gasteiger partial charge < -0.3 is 14.8 Å². The number of ether oxygens (including phenoxy) is 2. The van der Waals surface area contributed by atoms with Gasteiger partial charge in [-0.2, -0.15) is 0 Å². The summed E-state index contributed by atoms with van der Waals surface area (Å²) in [5, 5.41) is 4.81. The van der Waals surface area contributed by atoms with Crippen LogP contribution in [0.3, 0.4) is 0 Å². The Morgan fingerprint density at radius 2 is 1.79 bits per heavy atom. The zero-order chi connectivity index (χ0) is 17.1. The van der Waals surface area contributed by atoms with E-state index in [1.807, 2.05) is 0 Å². The molecule has 0 saturated heterocycles. The maximum atomic E-state index is 12.0. The molecule has 0 aliphatic carbocycles. The molecular formula is C17H14N2O5. The molecule has 0 unspecified atom stereocenters. The molecule has 3 rings (SSSR count). The molecule has 7 heteroatoms. The molecule has 24 heavy (non-hydrogen) atoms. The van der Waals surface area contributed by atoms with Gasteiger partial charge in [-0.05, 0) is 30.3 Å². The van der Waals surface area contributed by atoms with Gasteiger partial charge in [-0.1, -0.05) is 6.07 Å². The number of carbonyl (C=O) groups is 3. The Morgan fingerprint density at radius 3 is 2.58 bits per heavy atom. The average molecular weight is 326 g/mol. The van der Waals surface area contributed by atoms with Crippen LogP contribution in [0.2, 0.25) is 0 Å². The summed E-state index contributed by atoms with van der Waals surface area (Å²) in [6.07, 6.45) is 0. The van der Waals surface area contributed by atoms with E-state index in [1.54, 1.807) is 37.4 Å². The molecule has 0 radical (unpaired) electrons. The van der Waals surface area contributed by atoms with Gasteiger partial charge in [0, 0.05) is 11.8 Å². The van der Waals surface area contributed by atoms with Crippen molar-refractivity contribution in [3.8, 4) is 11.5 Å². The summed E-state index contributed by atoms with van der Waals surface area (Å²) in [5.74, 6) is -0.166. The SMILES string of the molecule is COc1cccc(OCC(=O)Nc2ccc3c(c2)C(=O)NC3=O)c1. The van der Waals surface area contributed by atoms with Crippen molar-refractivity contribution in [2.24, 2.45) is 0 Å². The van der Waals surface area contributed by atoms with E-state index in [0.29, 0.717) is 22.7 Å². The summed E-state index contributed by atoms with van der Waals surface area (Å²) >= 11 is 0.